The molecule has 9 aromatic carbocycles. The van der Waals surface area contributed by atoms with E-state index in [1.165, 1.54) is 48.9 Å². The maximum Gasteiger partial charge on any atom is 0.161 e. The number of fused-ring (bicyclic) bond motifs is 9. The fraction of sp³-hybridized carbons (Fsp3) is 0. The lowest BCUT2D eigenvalue weighted by Gasteiger charge is -2.16. The second kappa shape index (κ2) is 12.0. The summed E-state index contributed by atoms with van der Waals surface area (Å²) in [6, 6.07) is 69.6. The van der Waals surface area contributed by atoms with Crippen molar-refractivity contribution in [1.82, 2.24) is 19.1 Å². The Hall–Kier alpha value is -7.56. The molecule has 0 aliphatic rings. The lowest BCUT2D eigenvalue weighted by atomic mass is 10.00. The van der Waals surface area contributed by atoms with Crippen LogP contribution in [0.4, 0.5) is 0 Å². The van der Waals surface area contributed by atoms with E-state index in [1.54, 1.807) is 0 Å². The quantitative estimate of drug-likeness (QED) is 0.182. The first-order valence-corrected chi connectivity index (χ1v) is 19.1. The summed E-state index contributed by atoms with van der Waals surface area (Å²) < 4.78 is 4.79. The molecule has 0 amide bonds. The number of nitrogens with zero attached hydrogens (tertiary/aromatic N) is 4. The van der Waals surface area contributed by atoms with Crippen molar-refractivity contribution in [2.75, 3.05) is 0 Å². The molecule has 0 spiro atoms. The van der Waals surface area contributed by atoms with E-state index in [9.17, 15) is 0 Å². The molecule has 12 rings (SSSR count). The number of aromatic nitrogens is 4. The molecule has 4 nitrogen and oxygen atoms in total. The molecule has 260 valence electrons. The molecule has 0 fully saturated rings. The molecular formula is C52H32N4. The zero-order chi connectivity index (χ0) is 36.7. The average molecular weight is 713 g/mol. The average Bonchev–Trinajstić information content (AvgIpc) is 3.77. The zero-order valence-electron chi connectivity index (χ0n) is 30.3. The van der Waals surface area contributed by atoms with Gasteiger partial charge in [-0.25, -0.2) is 9.97 Å². The minimum absolute atomic E-state index is 0.707. The van der Waals surface area contributed by atoms with Crippen LogP contribution in [-0.4, -0.2) is 19.1 Å². The third kappa shape index (κ3) is 4.53. The van der Waals surface area contributed by atoms with Gasteiger partial charge in [0.15, 0.2) is 5.82 Å². The Balaban J connectivity index is 1.09. The molecular weight excluding hydrogens is 681 g/mol. The molecule has 0 unspecified atom stereocenters. The SMILES string of the molecule is c1ccc(-n2c3ccccc3c3ccc(-c4nc(-c5ccc(-n6c7ccccc7c7cc8ccccc8cc76)c6ccccc56)nc5ccccc45)cc32)cc1. The molecule has 3 heterocycles. The first-order chi connectivity index (χ1) is 27.8. The van der Waals surface area contributed by atoms with Crippen LogP contribution in [0.2, 0.25) is 0 Å². The smallest absolute Gasteiger partial charge is 0.161 e. The molecule has 0 aliphatic carbocycles. The molecule has 0 aliphatic heterocycles. The number of hydrogen-bond donors (Lipinski definition) is 0. The Kier molecular flexibility index (Phi) is 6.60. The summed E-state index contributed by atoms with van der Waals surface area (Å²) in [4.78, 5) is 10.7. The minimum Gasteiger partial charge on any atom is -0.309 e. The normalized spacial score (nSPS) is 11.9. The van der Waals surface area contributed by atoms with Crippen molar-refractivity contribution >= 4 is 76.1 Å². The largest absolute Gasteiger partial charge is 0.309 e. The van der Waals surface area contributed by atoms with Gasteiger partial charge in [-0.15, -0.1) is 0 Å². The van der Waals surface area contributed by atoms with Crippen LogP contribution in [0.1, 0.15) is 0 Å². The van der Waals surface area contributed by atoms with Crippen LogP contribution in [0, 0.1) is 0 Å². The van der Waals surface area contributed by atoms with Gasteiger partial charge in [-0.05, 0) is 76.8 Å². The molecule has 0 radical (unpaired) electrons. The first-order valence-electron chi connectivity index (χ1n) is 19.1. The van der Waals surface area contributed by atoms with Gasteiger partial charge in [0.1, 0.15) is 0 Å². The van der Waals surface area contributed by atoms with Gasteiger partial charge in [-0.1, -0.05) is 133 Å². The highest BCUT2D eigenvalue weighted by atomic mass is 15.0. The second-order valence-electron chi connectivity index (χ2n) is 14.6. The summed E-state index contributed by atoms with van der Waals surface area (Å²) in [5.41, 5.74) is 10.8. The number of para-hydroxylation sites is 4. The van der Waals surface area contributed by atoms with Gasteiger partial charge in [0, 0.05) is 49.1 Å². The van der Waals surface area contributed by atoms with Gasteiger partial charge >= 0.3 is 0 Å². The Morgan fingerprint density at radius 2 is 0.929 bits per heavy atom. The molecule has 0 saturated heterocycles. The third-order valence-corrected chi connectivity index (χ3v) is 11.5. The van der Waals surface area contributed by atoms with E-state index < -0.39 is 0 Å². The van der Waals surface area contributed by atoms with E-state index in [2.05, 4.69) is 203 Å². The highest BCUT2D eigenvalue weighted by Gasteiger charge is 2.20. The summed E-state index contributed by atoms with van der Waals surface area (Å²) in [5.74, 6) is 0.707. The van der Waals surface area contributed by atoms with Crippen molar-refractivity contribution in [2.24, 2.45) is 0 Å². The van der Waals surface area contributed by atoms with Crippen LogP contribution in [0.3, 0.4) is 0 Å². The van der Waals surface area contributed by atoms with Gasteiger partial charge < -0.3 is 9.13 Å². The van der Waals surface area contributed by atoms with Crippen molar-refractivity contribution in [1.29, 1.82) is 0 Å². The first kappa shape index (κ1) is 30.9. The van der Waals surface area contributed by atoms with Crippen molar-refractivity contribution in [2.45, 2.75) is 0 Å². The van der Waals surface area contributed by atoms with E-state index in [4.69, 9.17) is 9.97 Å². The van der Waals surface area contributed by atoms with Crippen LogP contribution >= 0.6 is 0 Å². The standard InChI is InChI=1S/C52H32N4/c1-2-16-36(17-3-1)55-46-24-12-9-20-39(46)41-27-26-35(32-49(41)55)51-43-22-8-11-23-45(43)53-52(54-51)42-28-29-48(38-19-7-6-18-37(38)42)56-47-25-13-10-21-40(47)44-30-33-14-4-5-15-34(33)31-50(44)56/h1-32H. The molecule has 0 N–H and O–H groups in total. The van der Waals surface area contributed by atoms with E-state index in [0.717, 1.165) is 55.4 Å². The highest BCUT2D eigenvalue weighted by Crippen LogP contribution is 2.41. The molecule has 3 aromatic heterocycles. The van der Waals surface area contributed by atoms with Crippen LogP contribution in [0.5, 0.6) is 0 Å². The van der Waals surface area contributed by atoms with Crippen molar-refractivity contribution < 1.29 is 0 Å². The second-order valence-corrected chi connectivity index (χ2v) is 14.6. The third-order valence-electron chi connectivity index (χ3n) is 11.5. The zero-order valence-corrected chi connectivity index (χ0v) is 30.3. The molecule has 4 heteroatoms. The Morgan fingerprint density at radius 3 is 1.73 bits per heavy atom. The van der Waals surface area contributed by atoms with Gasteiger partial charge in [0.05, 0.1) is 39.0 Å². The summed E-state index contributed by atoms with van der Waals surface area (Å²) in [6.45, 7) is 0. The number of rotatable bonds is 4. The van der Waals surface area contributed by atoms with Crippen LogP contribution in [0.25, 0.3) is 110 Å². The van der Waals surface area contributed by atoms with Crippen LogP contribution in [-0.2, 0) is 0 Å². The van der Waals surface area contributed by atoms with E-state index in [1.807, 2.05) is 0 Å². The molecule has 12 aromatic rings. The van der Waals surface area contributed by atoms with Gasteiger partial charge in [0.25, 0.3) is 0 Å². The summed E-state index contributed by atoms with van der Waals surface area (Å²) in [5, 5.41) is 10.7. The number of hydrogen-bond acceptors (Lipinski definition) is 2. The van der Waals surface area contributed by atoms with E-state index >= 15 is 0 Å². The predicted molar refractivity (Wildman–Crippen MR) is 234 cm³/mol. The minimum atomic E-state index is 0.707. The summed E-state index contributed by atoms with van der Waals surface area (Å²) in [6.07, 6.45) is 0. The number of benzene rings is 9. The lowest BCUT2D eigenvalue weighted by Crippen LogP contribution is -1.99. The maximum absolute atomic E-state index is 5.45. The summed E-state index contributed by atoms with van der Waals surface area (Å²) >= 11 is 0. The van der Waals surface area contributed by atoms with Gasteiger partial charge in [0.2, 0.25) is 0 Å². The molecule has 0 bridgehead atoms. The maximum atomic E-state index is 5.45. The highest BCUT2D eigenvalue weighted by molar-refractivity contribution is 6.15. The Morgan fingerprint density at radius 1 is 0.339 bits per heavy atom. The van der Waals surface area contributed by atoms with Crippen molar-refractivity contribution in [3.63, 3.8) is 0 Å². The lowest BCUT2D eigenvalue weighted by molar-refractivity contribution is 1.18. The van der Waals surface area contributed by atoms with Crippen molar-refractivity contribution in [3.05, 3.63) is 194 Å². The molecule has 0 atom stereocenters. The fourth-order valence-corrected chi connectivity index (χ4v) is 8.98. The summed E-state index contributed by atoms with van der Waals surface area (Å²) in [7, 11) is 0. The molecule has 56 heavy (non-hydrogen) atoms. The van der Waals surface area contributed by atoms with E-state index in [0.29, 0.717) is 5.82 Å². The Labute approximate surface area is 322 Å². The Bertz CT molecular complexity index is 3540. The molecule has 0 saturated carbocycles. The fourth-order valence-electron chi connectivity index (χ4n) is 8.98. The topological polar surface area (TPSA) is 35.6 Å². The monoisotopic (exact) mass is 712 g/mol. The van der Waals surface area contributed by atoms with Crippen LogP contribution < -0.4 is 0 Å². The van der Waals surface area contributed by atoms with Gasteiger partial charge in [-0.3, -0.25) is 0 Å². The predicted octanol–water partition coefficient (Wildman–Crippen LogP) is 13.5. The van der Waals surface area contributed by atoms with Gasteiger partial charge in [-0.2, -0.15) is 0 Å². The van der Waals surface area contributed by atoms with Crippen LogP contribution in [0.15, 0.2) is 194 Å². The van der Waals surface area contributed by atoms with E-state index in [-0.39, 0.29) is 0 Å². The van der Waals surface area contributed by atoms with Crippen molar-refractivity contribution in [3.8, 4) is 34.0 Å².